The maximum absolute atomic E-state index is 15.0. The summed E-state index contributed by atoms with van der Waals surface area (Å²) in [4.78, 5) is 13.1. The van der Waals surface area contributed by atoms with E-state index in [4.69, 9.17) is 14.3 Å². The van der Waals surface area contributed by atoms with Gasteiger partial charge >= 0.3 is 5.97 Å². The molecule has 33 heavy (non-hydrogen) atoms. The van der Waals surface area contributed by atoms with E-state index in [1.165, 1.54) is 17.2 Å². The molecule has 6 heteroatoms. The van der Waals surface area contributed by atoms with Gasteiger partial charge in [-0.25, -0.2) is 9.18 Å². The molecule has 5 nitrogen and oxygen atoms in total. The Morgan fingerprint density at radius 2 is 1.82 bits per heavy atom. The van der Waals surface area contributed by atoms with E-state index in [9.17, 15) is 9.18 Å². The molecule has 1 unspecified atom stereocenters. The zero-order valence-electron chi connectivity index (χ0n) is 18.0. The predicted molar refractivity (Wildman–Crippen MR) is 124 cm³/mol. The van der Waals surface area contributed by atoms with E-state index in [1.54, 1.807) is 6.07 Å². The molecule has 1 atom stereocenters. The number of furan rings is 1. The molecule has 1 saturated heterocycles. The summed E-state index contributed by atoms with van der Waals surface area (Å²) >= 11 is 0. The van der Waals surface area contributed by atoms with Gasteiger partial charge in [-0.1, -0.05) is 42.5 Å². The lowest BCUT2D eigenvalue weighted by Gasteiger charge is -2.30. The minimum absolute atomic E-state index is 0.285. The topological polar surface area (TPSA) is 62.9 Å². The smallest absolute Gasteiger partial charge is 0.334 e. The van der Waals surface area contributed by atoms with Gasteiger partial charge in [0.05, 0.1) is 12.2 Å². The second-order valence-corrected chi connectivity index (χ2v) is 8.39. The molecule has 0 radical (unpaired) electrons. The van der Waals surface area contributed by atoms with Gasteiger partial charge in [0.1, 0.15) is 17.2 Å². The Hall–Kier alpha value is -3.48. The number of morpholine rings is 1. The average Bonchev–Trinajstić information content (AvgIpc) is 3.23. The molecule has 1 fully saturated rings. The Kier molecular flexibility index (Phi) is 5.94. The minimum Gasteiger partial charge on any atom is -0.479 e. The molecule has 168 valence electrons. The Balaban J connectivity index is 1.33. The monoisotopic (exact) mass is 445 g/mol. The Labute approximate surface area is 191 Å². The molecule has 1 N–H and O–H groups in total. The van der Waals surface area contributed by atoms with Gasteiger partial charge in [-0.15, -0.1) is 0 Å². The zero-order chi connectivity index (χ0) is 22.8. The van der Waals surface area contributed by atoms with E-state index in [0.29, 0.717) is 31.0 Å². The molecule has 1 aliphatic rings. The first kappa shape index (κ1) is 21.4. The number of benzene rings is 3. The van der Waals surface area contributed by atoms with E-state index in [1.807, 2.05) is 47.4 Å². The van der Waals surface area contributed by atoms with Gasteiger partial charge in [-0.2, -0.15) is 0 Å². The lowest BCUT2D eigenvalue weighted by Crippen LogP contribution is -2.45. The first-order valence-corrected chi connectivity index (χ1v) is 11.0. The normalized spacial score (nSPS) is 16.8. The maximum atomic E-state index is 15.0. The van der Waals surface area contributed by atoms with Crippen molar-refractivity contribution in [3.8, 4) is 11.3 Å². The van der Waals surface area contributed by atoms with Gasteiger partial charge in [0.15, 0.2) is 6.10 Å². The quantitative estimate of drug-likeness (QED) is 0.447. The van der Waals surface area contributed by atoms with Crippen molar-refractivity contribution < 1.29 is 23.4 Å². The van der Waals surface area contributed by atoms with Crippen LogP contribution in [0, 0.1) is 5.82 Å². The standard InChI is InChI=1S/C27H24FNO4/c28-23-14-20(16-29-10-11-32-26(17-29)27(30)31)6-8-22(23)25-15-21-13-19(7-9-24(21)33-25)12-18-4-2-1-3-5-18/h1-9,13-15,26H,10-12,16-17H2,(H,30,31). The van der Waals surface area contributed by atoms with E-state index in [-0.39, 0.29) is 12.4 Å². The van der Waals surface area contributed by atoms with Crippen LogP contribution < -0.4 is 0 Å². The lowest BCUT2D eigenvalue weighted by atomic mass is 10.0. The number of nitrogens with zero attached hydrogens (tertiary/aromatic N) is 1. The Morgan fingerprint density at radius 3 is 2.61 bits per heavy atom. The van der Waals surface area contributed by atoms with Crippen molar-refractivity contribution in [3.63, 3.8) is 0 Å². The predicted octanol–water partition coefficient (Wildman–Crippen LogP) is 5.12. The molecule has 0 aliphatic carbocycles. The Bertz CT molecular complexity index is 1280. The molecule has 3 aromatic carbocycles. The highest BCUT2D eigenvalue weighted by Crippen LogP contribution is 2.31. The number of rotatable bonds is 6. The summed E-state index contributed by atoms with van der Waals surface area (Å²) < 4.78 is 26.2. The zero-order valence-corrected chi connectivity index (χ0v) is 18.0. The molecule has 1 aliphatic heterocycles. The highest BCUT2D eigenvalue weighted by molar-refractivity contribution is 5.83. The number of aliphatic carboxylic acids is 1. The number of carbonyl (C=O) groups is 1. The van der Waals surface area contributed by atoms with Crippen LogP contribution >= 0.6 is 0 Å². The lowest BCUT2D eigenvalue weighted by molar-refractivity contribution is -0.156. The summed E-state index contributed by atoms with van der Waals surface area (Å²) in [7, 11) is 0. The number of hydrogen-bond donors (Lipinski definition) is 1. The van der Waals surface area contributed by atoms with Gasteiger partial charge in [0, 0.05) is 25.0 Å². The molecule has 2 heterocycles. The van der Waals surface area contributed by atoms with Crippen LogP contribution in [0.4, 0.5) is 4.39 Å². The summed E-state index contributed by atoms with van der Waals surface area (Å²) in [5.41, 5.74) is 4.31. The number of carboxylic acid groups (broad SMARTS) is 1. The fourth-order valence-electron chi connectivity index (χ4n) is 4.28. The Morgan fingerprint density at radius 1 is 1.00 bits per heavy atom. The SMILES string of the molecule is O=C(O)C1CN(Cc2ccc(-c3cc4cc(Cc5ccccc5)ccc4o3)c(F)c2)CCO1. The van der Waals surface area contributed by atoms with E-state index < -0.39 is 12.1 Å². The van der Waals surface area contributed by atoms with Crippen LogP contribution in [0.5, 0.6) is 0 Å². The van der Waals surface area contributed by atoms with Gasteiger partial charge in [-0.05, 0) is 53.4 Å². The van der Waals surface area contributed by atoms with Gasteiger partial charge < -0.3 is 14.3 Å². The van der Waals surface area contributed by atoms with Crippen LogP contribution in [0.1, 0.15) is 16.7 Å². The number of ether oxygens (including phenoxy) is 1. The number of halogens is 1. The summed E-state index contributed by atoms with van der Waals surface area (Å²) in [5.74, 6) is -0.847. The number of fused-ring (bicyclic) bond motifs is 1. The molecule has 0 bridgehead atoms. The second-order valence-electron chi connectivity index (χ2n) is 8.39. The molecule has 1 aromatic heterocycles. The maximum Gasteiger partial charge on any atom is 0.334 e. The highest BCUT2D eigenvalue weighted by Gasteiger charge is 2.26. The summed E-state index contributed by atoms with van der Waals surface area (Å²) in [6.45, 7) is 1.71. The van der Waals surface area contributed by atoms with Gasteiger partial charge in [0.2, 0.25) is 0 Å². The van der Waals surface area contributed by atoms with Crippen LogP contribution in [0.15, 0.2) is 77.2 Å². The summed E-state index contributed by atoms with van der Waals surface area (Å²) in [6.07, 6.45) is -0.0184. The highest BCUT2D eigenvalue weighted by atomic mass is 19.1. The first-order chi connectivity index (χ1) is 16.0. The molecule has 4 aromatic rings. The number of hydrogen-bond acceptors (Lipinski definition) is 4. The van der Waals surface area contributed by atoms with Crippen LogP contribution in [-0.4, -0.2) is 41.8 Å². The summed E-state index contributed by atoms with van der Waals surface area (Å²) in [6, 6.07) is 23.3. The van der Waals surface area contributed by atoms with Crippen molar-refractivity contribution in [2.45, 2.75) is 19.1 Å². The number of carboxylic acids is 1. The molecule has 5 rings (SSSR count). The molecular formula is C27H24FNO4. The van der Waals surface area contributed by atoms with E-state index in [0.717, 1.165) is 23.0 Å². The first-order valence-electron chi connectivity index (χ1n) is 11.0. The van der Waals surface area contributed by atoms with Crippen LogP contribution in [-0.2, 0) is 22.5 Å². The van der Waals surface area contributed by atoms with E-state index >= 15 is 0 Å². The van der Waals surface area contributed by atoms with Crippen molar-refractivity contribution in [2.75, 3.05) is 19.7 Å². The van der Waals surface area contributed by atoms with Crippen LogP contribution in [0.3, 0.4) is 0 Å². The van der Waals surface area contributed by atoms with Crippen molar-refractivity contribution in [2.24, 2.45) is 0 Å². The van der Waals surface area contributed by atoms with Gasteiger partial charge in [-0.3, -0.25) is 4.90 Å². The van der Waals surface area contributed by atoms with Crippen molar-refractivity contribution in [1.82, 2.24) is 4.90 Å². The third-order valence-corrected chi connectivity index (χ3v) is 5.96. The largest absolute Gasteiger partial charge is 0.479 e. The fraction of sp³-hybridized carbons (Fsp3) is 0.222. The third-order valence-electron chi connectivity index (χ3n) is 5.96. The average molecular weight is 445 g/mol. The van der Waals surface area contributed by atoms with Crippen molar-refractivity contribution >= 4 is 16.9 Å². The molecule has 0 amide bonds. The minimum atomic E-state index is -0.974. The fourth-order valence-corrected chi connectivity index (χ4v) is 4.28. The van der Waals surface area contributed by atoms with Crippen LogP contribution in [0.25, 0.3) is 22.3 Å². The summed E-state index contributed by atoms with van der Waals surface area (Å²) in [5, 5.41) is 10.1. The van der Waals surface area contributed by atoms with E-state index in [2.05, 4.69) is 18.2 Å². The van der Waals surface area contributed by atoms with Crippen molar-refractivity contribution in [3.05, 3.63) is 95.3 Å². The molecular weight excluding hydrogens is 421 g/mol. The van der Waals surface area contributed by atoms with Crippen LogP contribution in [0.2, 0.25) is 0 Å². The third kappa shape index (κ3) is 4.82. The molecule has 0 spiro atoms. The van der Waals surface area contributed by atoms with Crippen molar-refractivity contribution in [1.29, 1.82) is 0 Å². The second kappa shape index (κ2) is 9.17. The van der Waals surface area contributed by atoms with Gasteiger partial charge in [0.25, 0.3) is 0 Å². The molecule has 0 saturated carbocycles.